The Hall–Kier alpha value is -2.86. The Morgan fingerprint density at radius 1 is 1.22 bits per heavy atom. The van der Waals surface area contributed by atoms with Gasteiger partial charge in [0.1, 0.15) is 0 Å². The molecule has 113 valence electrons. The quantitative estimate of drug-likeness (QED) is 0.752. The Morgan fingerprint density at radius 3 is 2.87 bits per heavy atom. The summed E-state index contributed by atoms with van der Waals surface area (Å²) in [5, 5.41) is 8.43. The van der Waals surface area contributed by atoms with Crippen LogP contribution in [0.5, 0.6) is 0 Å². The summed E-state index contributed by atoms with van der Waals surface area (Å²) in [6.07, 6.45) is 1.57. The van der Waals surface area contributed by atoms with Gasteiger partial charge in [0.15, 0.2) is 11.5 Å². The number of ether oxygens (including phenoxy) is 1. The summed E-state index contributed by atoms with van der Waals surface area (Å²) in [7, 11) is 1.35. The number of aromatic amines is 1. The van der Waals surface area contributed by atoms with Crippen molar-refractivity contribution >= 4 is 28.7 Å². The van der Waals surface area contributed by atoms with Crippen LogP contribution in [0.25, 0.3) is 16.7 Å². The number of aromatic nitrogens is 2. The fourth-order valence-electron chi connectivity index (χ4n) is 2.64. The van der Waals surface area contributed by atoms with Crippen molar-refractivity contribution in [1.82, 2.24) is 15.3 Å². The number of H-pyrrole nitrogens is 1. The van der Waals surface area contributed by atoms with Crippen LogP contribution in [0.4, 0.5) is 5.82 Å². The predicted octanol–water partition coefficient (Wildman–Crippen LogP) is 3.32. The van der Waals surface area contributed by atoms with Crippen LogP contribution in [0, 0.1) is 0 Å². The summed E-state index contributed by atoms with van der Waals surface area (Å²) in [4.78, 5) is 19.3. The van der Waals surface area contributed by atoms with E-state index in [4.69, 9.17) is 4.74 Å². The third-order valence-corrected chi connectivity index (χ3v) is 4.39. The molecule has 0 atom stereocenters. The Kier molecular flexibility index (Phi) is 3.24. The summed E-state index contributed by atoms with van der Waals surface area (Å²) in [5.74, 6) is 0.0497. The van der Waals surface area contributed by atoms with E-state index in [1.165, 1.54) is 7.11 Å². The van der Waals surface area contributed by atoms with Crippen LogP contribution in [0.15, 0.2) is 53.1 Å². The van der Waals surface area contributed by atoms with Crippen molar-refractivity contribution in [1.29, 1.82) is 0 Å². The number of nitrogens with one attached hydrogen (secondary N) is 1. The van der Waals surface area contributed by atoms with Gasteiger partial charge < -0.3 is 9.72 Å². The number of fused-ring (bicyclic) bond motifs is 1. The van der Waals surface area contributed by atoms with Crippen molar-refractivity contribution in [2.45, 2.75) is 0 Å². The highest BCUT2D eigenvalue weighted by molar-refractivity contribution is 7.08. The van der Waals surface area contributed by atoms with Crippen LogP contribution in [0.2, 0.25) is 0 Å². The first-order valence-electron chi connectivity index (χ1n) is 6.99. The molecule has 1 aliphatic heterocycles. The first-order chi connectivity index (χ1) is 11.3. The number of methoxy groups -OCH3 is 1. The zero-order chi connectivity index (χ0) is 15.8. The number of esters is 1. The third-order valence-electron chi connectivity index (χ3n) is 3.71. The molecule has 0 saturated carbocycles. The number of benzene rings is 1. The number of thiophene rings is 1. The maximum Gasteiger partial charge on any atom is 0.357 e. The zero-order valence-electron chi connectivity index (χ0n) is 12.2. The minimum Gasteiger partial charge on any atom is -0.464 e. The second-order valence-electron chi connectivity index (χ2n) is 5.02. The number of hydrogen-bond acceptors (Lipinski definition) is 4. The SMILES string of the molecule is COC(=O)C1=C(c2cccc(-c3ccsc3)c2)c2[nH]cnc2[N]1. The predicted molar refractivity (Wildman–Crippen MR) is 88.2 cm³/mol. The lowest BCUT2D eigenvalue weighted by atomic mass is 9.98. The van der Waals surface area contributed by atoms with Crippen LogP contribution >= 0.6 is 11.3 Å². The highest BCUT2D eigenvalue weighted by atomic mass is 32.1. The number of nitrogens with zero attached hydrogens (tertiary/aromatic N) is 2. The molecule has 1 radical (unpaired) electrons. The summed E-state index contributed by atoms with van der Waals surface area (Å²) >= 11 is 1.65. The summed E-state index contributed by atoms with van der Waals surface area (Å²) in [5.41, 5.74) is 4.89. The van der Waals surface area contributed by atoms with Gasteiger partial charge >= 0.3 is 5.97 Å². The number of hydrogen-bond donors (Lipinski definition) is 1. The van der Waals surface area contributed by atoms with E-state index in [-0.39, 0.29) is 5.70 Å². The van der Waals surface area contributed by atoms with E-state index >= 15 is 0 Å². The average molecular weight is 322 g/mol. The Morgan fingerprint density at radius 2 is 2.09 bits per heavy atom. The second-order valence-corrected chi connectivity index (χ2v) is 5.80. The van der Waals surface area contributed by atoms with Gasteiger partial charge in [-0.1, -0.05) is 18.2 Å². The first kappa shape index (κ1) is 13.8. The molecule has 3 aromatic rings. The van der Waals surface area contributed by atoms with Crippen molar-refractivity contribution in [3.63, 3.8) is 0 Å². The van der Waals surface area contributed by atoms with Crippen LogP contribution in [0.3, 0.4) is 0 Å². The molecule has 6 heteroatoms. The molecule has 1 aromatic carbocycles. The van der Waals surface area contributed by atoms with Gasteiger partial charge in [-0.2, -0.15) is 11.3 Å². The summed E-state index contributed by atoms with van der Waals surface area (Å²) in [6.45, 7) is 0. The largest absolute Gasteiger partial charge is 0.464 e. The van der Waals surface area contributed by atoms with Gasteiger partial charge in [-0.25, -0.2) is 15.1 Å². The molecule has 3 heterocycles. The topological polar surface area (TPSA) is 69.1 Å². The number of rotatable bonds is 3. The van der Waals surface area contributed by atoms with Gasteiger partial charge in [0, 0.05) is 5.57 Å². The minimum atomic E-state index is -0.465. The molecule has 0 aliphatic carbocycles. The molecule has 0 unspecified atom stereocenters. The van der Waals surface area contributed by atoms with E-state index in [1.807, 2.05) is 29.6 Å². The van der Waals surface area contributed by atoms with Gasteiger partial charge in [-0.05, 0) is 39.6 Å². The van der Waals surface area contributed by atoms with Crippen molar-refractivity contribution in [3.8, 4) is 11.1 Å². The lowest BCUT2D eigenvalue weighted by Crippen LogP contribution is -2.11. The Balaban J connectivity index is 1.87. The second kappa shape index (κ2) is 5.40. The Labute approximate surface area is 136 Å². The molecule has 0 spiro atoms. The molecule has 1 aliphatic rings. The van der Waals surface area contributed by atoms with Gasteiger partial charge in [0.05, 0.1) is 19.1 Å². The molecule has 0 fully saturated rings. The van der Waals surface area contributed by atoms with Crippen LogP contribution in [-0.2, 0) is 9.53 Å². The molecular weight excluding hydrogens is 310 g/mol. The molecule has 4 rings (SSSR count). The fourth-order valence-corrected chi connectivity index (χ4v) is 3.31. The van der Waals surface area contributed by atoms with Crippen molar-refractivity contribution in [2.24, 2.45) is 0 Å². The van der Waals surface area contributed by atoms with E-state index in [0.29, 0.717) is 5.82 Å². The summed E-state index contributed by atoms with van der Waals surface area (Å²) in [6, 6.07) is 10.1. The number of imidazole rings is 1. The fraction of sp³-hybridized carbons (Fsp3) is 0.0588. The molecule has 0 amide bonds. The van der Waals surface area contributed by atoms with Crippen molar-refractivity contribution in [3.05, 3.63) is 64.4 Å². The highest BCUT2D eigenvalue weighted by Gasteiger charge is 2.31. The van der Waals surface area contributed by atoms with E-state index < -0.39 is 5.97 Å². The smallest absolute Gasteiger partial charge is 0.357 e. The Bertz CT molecular complexity index is 910. The van der Waals surface area contributed by atoms with Gasteiger partial charge in [-0.15, -0.1) is 0 Å². The lowest BCUT2D eigenvalue weighted by molar-refractivity contribution is -0.136. The monoisotopic (exact) mass is 322 g/mol. The lowest BCUT2D eigenvalue weighted by Gasteiger charge is -2.07. The van der Waals surface area contributed by atoms with Crippen molar-refractivity contribution < 1.29 is 9.53 Å². The molecular formula is C17H12N3O2S. The van der Waals surface area contributed by atoms with E-state index in [2.05, 4.69) is 26.7 Å². The zero-order valence-corrected chi connectivity index (χ0v) is 13.1. The van der Waals surface area contributed by atoms with Crippen LogP contribution < -0.4 is 5.32 Å². The van der Waals surface area contributed by atoms with E-state index in [0.717, 1.165) is 28.0 Å². The third kappa shape index (κ3) is 2.24. The van der Waals surface area contributed by atoms with Gasteiger partial charge in [-0.3, -0.25) is 0 Å². The maximum absolute atomic E-state index is 12.1. The van der Waals surface area contributed by atoms with E-state index in [1.54, 1.807) is 17.7 Å². The standard InChI is InChI=1S/C17H12N3O2S/c1-22-17(21)15-13(14-16(20-15)19-9-18-14)11-4-2-3-10(7-11)12-5-6-23-8-12/h2-9H,1H3,(H,18,19). The highest BCUT2D eigenvalue weighted by Crippen LogP contribution is 2.38. The minimum absolute atomic E-state index is 0.282. The van der Waals surface area contributed by atoms with Gasteiger partial charge in [0.25, 0.3) is 0 Å². The number of carbonyl (C=O) groups excluding carboxylic acids is 1. The first-order valence-corrected chi connectivity index (χ1v) is 7.93. The summed E-state index contributed by atoms with van der Waals surface area (Å²) < 4.78 is 4.86. The molecule has 0 saturated heterocycles. The van der Waals surface area contributed by atoms with E-state index in [9.17, 15) is 4.79 Å². The van der Waals surface area contributed by atoms with Crippen molar-refractivity contribution in [2.75, 3.05) is 7.11 Å². The van der Waals surface area contributed by atoms with Crippen LogP contribution in [-0.4, -0.2) is 23.0 Å². The van der Waals surface area contributed by atoms with Gasteiger partial charge in [0.2, 0.25) is 0 Å². The molecule has 5 nitrogen and oxygen atoms in total. The molecule has 2 aromatic heterocycles. The normalized spacial score (nSPS) is 12.9. The number of carbonyl (C=O) groups is 1. The molecule has 1 N–H and O–H groups in total. The average Bonchev–Trinajstić information content (AvgIpc) is 3.30. The molecule has 0 bridgehead atoms. The maximum atomic E-state index is 12.1. The molecule has 23 heavy (non-hydrogen) atoms. The van der Waals surface area contributed by atoms with Crippen LogP contribution in [0.1, 0.15) is 11.3 Å².